The highest BCUT2D eigenvalue weighted by atomic mass is 32.2. The monoisotopic (exact) mass is 472 g/mol. The lowest BCUT2D eigenvalue weighted by molar-refractivity contribution is -0.122. The Morgan fingerprint density at radius 3 is 2.35 bits per heavy atom. The highest BCUT2D eigenvalue weighted by Gasteiger charge is 2.21. The van der Waals surface area contributed by atoms with Crippen molar-refractivity contribution in [1.29, 1.82) is 0 Å². The fourth-order valence-corrected chi connectivity index (χ4v) is 4.54. The van der Waals surface area contributed by atoms with E-state index in [4.69, 9.17) is 0 Å². The molecule has 2 amide bonds. The summed E-state index contributed by atoms with van der Waals surface area (Å²) in [5.74, 6) is -3.23. The van der Waals surface area contributed by atoms with E-state index in [1.165, 1.54) is 28.7 Å². The van der Waals surface area contributed by atoms with Crippen molar-refractivity contribution in [2.24, 2.45) is 0 Å². The molecule has 12 heteroatoms. The smallest absolute Gasteiger partial charge is 0.244 e. The number of carbonyl (C=O) groups excluding carboxylic acids is 2. The summed E-state index contributed by atoms with van der Waals surface area (Å²) in [7, 11) is -3.60. The van der Waals surface area contributed by atoms with Crippen molar-refractivity contribution < 1.29 is 26.8 Å². The average molecular weight is 473 g/mol. The zero-order chi connectivity index (χ0) is 23.0. The van der Waals surface area contributed by atoms with Gasteiger partial charge in [0.1, 0.15) is 4.90 Å². The number of carbonyl (C=O) groups is 2. The summed E-state index contributed by atoms with van der Waals surface area (Å²) in [6.45, 7) is 3.83. The van der Waals surface area contributed by atoms with Crippen LogP contribution in [-0.2, 0) is 19.6 Å². The summed E-state index contributed by atoms with van der Waals surface area (Å²) in [5, 5.41) is 5.18. The molecule has 8 nitrogen and oxygen atoms in total. The average Bonchev–Trinajstić information content (AvgIpc) is 2.74. The summed E-state index contributed by atoms with van der Waals surface area (Å²) in [4.78, 5) is 27.8. The molecule has 1 aromatic heterocycles. The zero-order valence-electron chi connectivity index (χ0n) is 16.9. The molecule has 0 aliphatic carbocycles. The van der Waals surface area contributed by atoms with Crippen molar-refractivity contribution >= 4 is 39.3 Å². The number of halogens is 2. The molecular formula is C19H22F2N4O4S2. The van der Waals surface area contributed by atoms with E-state index in [-0.39, 0.29) is 22.9 Å². The minimum atomic E-state index is -3.60. The fraction of sp³-hybridized carbons (Fsp3) is 0.316. The van der Waals surface area contributed by atoms with Crippen LogP contribution in [0.15, 0.2) is 46.5 Å². The van der Waals surface area contributed by atoms with Gasteiger partial charge in [0.2, 0.25) is 21.8 Å². The lowest BCUT2D eigenvalue weighted by atomic mass is 10.3. The van der Waals surface area contributed by atoms with E-state index in [1.54, 1.807) is 13.8 Å². The Hall–Kier alpha value is -2.57. The Bertz CT molecular complexity index is 1030. The van der Waals surface area contributed by atoms with Gasteiger partial charge in [0.15, 0.2) is 11.6 Å². The van der Waals surface area contributed by atoms with Gasteiger partial charge < -0.3 is 10.6 Å². The molecule has 0 aliphatic heterocycles. The molecule has 0 atom stereocenters. The van der Waals surface area contributed by atoms with Gasteiger partial charge in [0, 0.05) is 31.0 Å². The van der Waals surface area contributed by atoms with E-state index in [0.717, 1.165) is 23.9 Å². The molecule has 1 heterocycles. The molecule has 0 unspecified atom stereocenters. The molecule has 2 aromatic rings. The first kappa shape index (κ1) is 24.7. The summed E-state index contributed by atoms with van der Waals surface area (Å²) in [6.07, 6.45) is 1.24. The van der Waals surface area contributed by atoms with E-state index in [0.29, 0.717) is 18.1 Å². The zero-order valence-corrected chi connectivity index (χ0v) is 18.5. The third-order valence-corrected chi connectivity index (χ3v) is 7.03. The molecule has 0 aliphatic rings. The van der Waals surface area contributed by atoms with Gasteiger partial charge in [-0.25, -0.2) is 22.2 Å². The second kappa shape index (κ2) is 11.2. The second-order valence-corrected chi connectivity index (χ2v) is 9.10. The predicted molar refractivity (Wildman–Crippen MR) is 113 cm³/mol. The molecule has 168 valence electrons. The van der Waals surface area contributed by atoms with Crippen molar-refractivity contribution in [2.75, 3.05) is 30.7 Å². The molecule has 2 N–H and O–H groups in total. The predicted octanol–water partition coefficient (Wildman–Crippen LogP) is 2.24. The number of thioether (sulfide) groups is 1. The number of hydrogen-bond acceptors (Lipinski definition) is 6. The van der Waals surface area contributed by atoms with Crippen LogP contribution in [0.25, 0.3) is 0 Å². The SMILES string of the molecule is CCN(CC)S(=O)(=O)c1ccc(SCC(=O)NCC(=O)Nc2ccc(F)c(F)c2)nc1. The quantitative estimate of drug-likeness (QED) is 0.514. The number of amides is 2. The molecule has 0 fully saturated rings. The first-order valence-corrected chi connectivity index (χ1v) is 11.7. The molecule has 31 heavy (non-hydrogen) atoms. The van der Waals surface area contributed by atoms with Crippen LogP contribution in [0.2, 0.25) is 0 Å². The first-order valence-electron chi connectivity index (χ1n) is 9.28. The number of nitrogens with zero attached hydrogens (tertiary/aromatic N) is 2. The van der Waals surface area contributed by atoms with E-state index in [1.807, 2.05) is 0 Å². The van der Waals surface area contributed by atoms with Crippen LogP contribution < -0.4 is 10.6 Å². The van der Waals surface area contributed by atoms with Crippen LogP contribution in [0.3, 0.4) is 0 Å². The van der Waals surface area contributed by atoms with Crippen LogP contribution in [0.1, 0.15) is 13.8 Å². The van der Waals surface area contributed by atoms with Gasteiger partial charge in [0.05, 0.1) is 17.3 Å². The van der Waals surface area contributed by atoms with E-state index in [9.17, 15) is 26.8 Å². The number of pyridine rings is 1. The third-order valence-electron chi connectivity index (χ3n) is 4.05. The molecule has 0 radical (unpaired) electrons. The maximum Gasteiger partial charge on any atom is 0.244 e. The molecule has 2 rings (SSSR count). The van der Waals surface area contributed by atoms with Crippen molar-refractivity contribution in [3.05, 3.63) is 48.2 Å². The molecule has 0 bridgehead atoms. The number of sulfonamides is 1. The fourth-order valence-electron chi connectivity index (χ4n) is 2.47. The van der Waals surface area contributed by atoms with Crippen LogP contribution in [0, 0.1) is 11.6 Å². The van der Waals surface area contributed by atoms with Crippen LogP contribution in [0.5, 0.6) is 0 Å². The van der Waals surface area contributed by atoms with Crippen molar-refractivity contribution in [1.82, 2.24) is 14.6 Å². The Balaban J connectivity index is 1.81. The number of rotatable bonds is 10. The topological polar surface area (TPSA) is 108 Å². The minimum Gasteiger partial charge on any atom is -0.346 e. The molecule has 1 aromatic carbocycles. The number of aromatic nitrogens is 1. The number of anilines is 1. The molecular weight excluding hydrogens is 450 g/mol. The normalized spacial score (nSPS) is 11.4. The van der Waals surface area contributed by atoms with Crippen LogP contribution in [-0.4, -0.2) is 54.9 Å². The standard InChI is InChI=1S/C19H22F2N4O4S2/c1-3-25(4-2)31(28,29)14-6-8-19(23-10-14)30-12-18(27)22-11-17(26)24-13-5-7-15(20)16(21)9-13/h5-10H,3-4,11-12H2,1-2H3,(H,22,27)(H,24,26). The summed E-state index contributed by atoms with van der Waals surface area (Å²) in [5.41, 5.74) is 0.0662. The van der Waals surface area contributed by atoms with Crippen molar-refractivity contribution in [3.8, 4) is 0 Å². The molecule has 0 spiro atoms. The lowest BCUT2D eigenvalue weighted by Crippen LogP contribution is -2.33. The Labute approximate surface area is 183 Å². The van der Waals surface area contributed by atoms with Gasteiger partial charge in [0.25, 0.3) is 0 Å². The van der Waals surface area contributed by atoms with E-state index in [2.05, 4.69) is 15.6 Å². The molecule has 0 saturated heterocycles. The Morgan fingerprint density at radius 2 is 1.77 bits per heavy atom. The number of nitrogens with one attached hydrogen (secondary N) is 2. The van der Waals surface area contributed by atoms with Gasteiger partial charge in [-0.2, -0.15) is 4.31 Å². The lowest BCUT2D eigenvalue weighted by Gasteiger charge is -2.18. The van der Waals surface area contributed by atoms with Gasteiger partial charge in [-0.05, 0) is 24.3 Å². The van der Waals surface area contributed by atoms with Crippen LogP contribution in [0.4, 0.5) is 14.5 Å². The molecule has 0 saturated carbocycles. The van der Waals surface area contributed by atoms with Crippen LogP contribution >= 0.6 is 11.8 Å². The maximum absolute atomic E-state index is 13.1. The second-order valence-electron chi connectivity index (χ2n) is 6.16. The van der Waals surface area contributed by atoms with E-state index >= 15 is 0 Å². The summed E-state index contributed by atoms with van der Waals surface area (Å²) in [6, 6.07) is 5.84. The maximum atomic E-state index is 13.1. The van der Waals surface area contributed by atoms with Crippen molar-refractivity contribution in [2.45, 2.75) is 23.8 Å². The number of benzene rings is 1. The van der Waals surface area contributed by atoms with Gasteiger partial charge in [-0.3, -0.25) is 9.59 Å². The highest BCUT2D eigenvalue weighted by molar-refractivity contribution is 7.99. The number of hydrogen-bond donors (Lipinski definition) is 2. The van der Waals surface area contributed by atoms with Gasteiger partial charge in [-0.1, -0.05) is 25.6 Å². The third kappa shape index (κ3) is 6.97. The van der Waals surface area contributed by atoms with E-state index < -0.39 is 33.5 Å². The Kier molecular flexibility index (Phi) is 8.89. The summed E-state index contributed by atoms with van der Waals surface area (Å²) < 4.78 is 52.2. The minimum absolute atomic E-state index is 0.0480. The van der Waals surface area contributed by atoms with Crippen molar-refractivity contribution in [3.63, 3.8) is 0 Å². The Morgan fingerprint density at radius 1 is 1.06 bits per heavy atom. The highest BCUT2D eigenvalue weighted by Crippen LogP contribution is 2.19. The largest absolute Gasteiger partial charge is 0.346 e. The first-order chi connectivity index (χ1) is 14.7. The summed E-state index contributed by atoms with van der Waals surface area (Å²) >= 11 is 1.07. The van der Waals surface area contributed by atoms with Gasteiger partial charge in [-0.15, -0.1) is 0 Å². The van der Waals surface area contributed by atoms with Gasteiger partial charge >= 0.3 is 0 Å².